The van der Waals surface area contributed by atoms with Crippen LogP contribution in [0.4, 0.5) is 0 Å². The highest BCUT2D eigenvalue weighted by Gasteiger charge is 2.18. The lowest BCUT2D eigenvalue weighted by Gasteiger charge is -2.14. The molecular formula is C14H22ClNO2. The van der Waals surface area contributed by atoms with Crippen molar-refractivity contribution in [3.8, 4) is 0 Å². The van der Waals surface area contributed by atoms with E-state index >= 15 is 0 Å². The molecule has 0 radical (unpaired) electrons. The van der Waals surface area contributed by atoms with Gasteiger partial charge in [-0.25, -0.2) is 0 Å². The Hall–Kier alpha value is -0.960. The third kappa shape index (κ3) is 3.52. The molecule has 1 N–H and O–H groups in total. The minimum Gasteiger partial charge on any atom is -0.466 e. The number of amides is 1. The molecule has 0 aliphatic rings. The summed E-state index contributed by atoms with van der Waals surface area (Å²) < 4.78 is 5.47. The third-order valence-electron chi connectivity index (χ3n) is 3.43. The van der Waals surface area contributed by atoms with Gasteiger partial charge in [-0.3, -0.25) is 4.79 Å². The first-order valence-electron chi connectivity index (χ1n) is 6.42. The Kier molecular flexibility index (Phi) is 5.73. The standard InChI is InChI=1S/C14H22ClNO2/c1-5-12(6-7-15)8-16-14(17)13-9(2)10(3)18-11(13)4/h12H,5-8H2,1-4H3,(H,16,17). The monoisotopic (exact) mass is 271 g/mol. The molecule has 1 atom stereocenters. The van der Waals surface area contributed by atoms with Gasteiger partial charge in [0.15, 0.2) is 0 Å². The topological polar surface area (TPSA) is 42.2 Å². The molecule has 1 aromatic rings. The second-order valence-electron chi connectivity index (χ2n) is 4.68. The molecule has 0 fully saturated rings. The fraction of sp³-hybridized carbons (Fsp3) is 0.643. The van der Waals surface area contributed by atoms with Crippen LogP contribution in [0.1, 0.15) is 47.2 Å². The highest BCUT2D eigenvalue weighted by Crippen LogP contribution is 2.20. The van der Waals surface area contributed by atoms with E-state index in [-0.39, 0.29) is 5.91 Å². The van der Waals surface area contributed by atoms with E-state index in [1.165, 1.54) is 0 Å². The van der Waals surface area contributed by atoms with Crippen molar-refractivity contribution < 1.29 is 9.21 Å². The smallest absolute Gasteiger partial charge is 0.255 e. The largest absolute Gasteiger partial charge is 0.466 e. The Morgan fingerprint density at radius 3 is 2.44 bits per heavy atom. The van der Waals surface area contributed by atoms with Gasteiger partial charge in [0.05, 0.1) is 5.56 Å². The van der Waals surface area contributed by atoms with E-state index in [1.807, 2.05) is 20.8 Å². The van der Waals surface area contributed by atoms with Crippen molar-refractivity contribution in [3.05, 3.63) is 22.6 Å². The molecule has 1 aromatic heterocycles. The lowest BCUT2D eigenvalue weighted by atomic mass is 10.0. The van der Waals surface area contributed by atoms with Gasteiger partial charge in [0, 0.05) is 18.0 Å². The highest BCUT2D eigenvalue weighted by atomic mass is 35.5. The van der Waals surface area contributed by atoms with Crippen LogP contribution >= 0.6 is 11.6 Å². The fourth-order valence-corrected chi connectivity index (χ4v) is 2.37. The van der Waals surface area contributed by atoms with Crippen molar-refractivity contribution in [2.45, 2.75) is 40.5 Å². The molecule has 1 unspecified atom stereocenters. The Bertz CT molecular complexity index is 412. The molecular weight excluding hydrogens is 250 g/mol. The fourth-order valence-electron chi connectivity index (χ4n) is 2.06. The van der Waals surface area contributed by atoms with Crippen LogP contribution in [0.25, 0.3) is 0 Å². The summed E-state index contributed by atoms with van der Waals surface area (Å²) >= 11 is 5.73. The van der Waals surface area contributed by atoms with Gasteiger partial charge in [-0.05, 0) is 33.1 Å². The van der Waals surface area contributed by atoms with Gasteiger partial charge in [-0.1, -0.05) is 13.3 Å². The summed E-state index contributed by atoms with van der Waals surface area (Å²) in [6.45, 7) is 8.40. The SMILES string of the molecule is CCC(CCCl)CNC(=O)c1c(C)oc(C)c1C. The summed E-state index contributed by atoms with van der Waals surface area (Å²) in [5, 5.41) is 2.97. The molecule has 102 valence electrons. The maximum Gasteiger partial charge on any atom is 0.255 e. The molecule has 4 heteroatoms. The van der Waals surface area contributed by atoms with E-state index < -0.39 is 0 Å². The molecule has 3 nitrogen and oxygen atoms in total. The van der Waals surface area contributed by atoms with Gasteiger partial charge < -0.3 is 9.73 Å². The molecule has 0 aliphatic carbocycles. The van der Waals surface area contributed by atoms with E-state index in [0.717, 1.165) is 24.2 Å². The van der Waals surface area contributed by atoms with Gasteiger partial charge in [0.2, 0.25) is 0 Å². The number of rotatable bonds is 6. The van der Waals surface area contributed by atoms with Gasteiger partial charge in [-0.2, -0.15) is 0 Å². The summed E-state index contributed by atoms with van der Waals surface area (Å²) in [4.78, 5) is 12.1. The molecule has 0 aromatic carbocycles. The second-order valence-corrected chi connectivity index (χ2v) is 5.05. The maximum atomic E-state index is 12.1. The molecule has 1 amide bonds. The number of halogens is 1. The van der Waals surface area contributed by atoms with Gasteiger partial charge in [0.25, 0.3) is 5.91 Å². The van der Waals surface area contributed by atoms with Gasteiger partial charge >= 0.3 is 0 Å². The molecule has 0 spiro atoms. The number of aryl methyl sites for hydroxylation is 2. The summed E-state index contributed by atoms with van der Waals surface area (Å²) in [6, 6.07) is 0. The van der Waals surface area contributed by atoms with Gasteiger partial charge in [-0.15, -0.1) is 11.6 Å². The van der Waals surface area contributed by atoms with Crippen molar-refractivity contribution in [1.29, 1.82) is 0 Å². The molecule has 0 saturated heterocycles. The Balaban J connectivity index is 2.65. The predicted octanol–water partition coefficient (Wildman–Crippen LogP) is 3.59. The zero-order valence-electron chi connectivity index (χ0n) is 11.6. The normalized spacial score (nSPS) is 12.5. The molecule has 0 bridgehead atoms. The van der Waals surface area contributed by atoms with Crippen LogP contribution in [0.5, 0.6) is 0 Å². The minimum atomic E-state index is -0.0464. The number of carbonyl (C=O) groups is 1. The van der Waals surface area contributed by atoms with Crippen LogP contribution in [-0.4, -0.2) is 18.3 Å². The third-order valence-corrected chi connectivity index (χ3v) is 3.65. The predicted molar refractivity (Wildman–Crippen MR) is 74.4 cm³/mol. The number of hydrogen-bond acceptors (Lipinski definition) is 2. The van der Waals surface area contributed by atoms with Crippen molar-refractivity contribution in [2.75, 3.05) is 12.4 Å². The molecule has 18 heavy (non-hydrogen) atoms. The van der Waals surface area contributed by atoms with Crippen LogP contribution in [0.3, 0.4) is 0 Å². The second kappa shape index (κ2) is 6.83. The summed E-state index contributed by atoms with van der Waals surface area (Å²) in [5.41, 5.74) is 1.60. The first-order valence-corrected chi connectivity index (χ1v) is 6.95. The van der Waals surface area contributed by atoms with Crippen LogP contribution in [-0.2, 0) is 0 Å². The highest BCUT2D eigenvalue weighted by molar-refractivity contribution is 6.17. The number of furan rings is 1. The average Bonchev–Trinajstić information content (AvgIpc) is 2.58. The van der Waals surface area contributed by atoms with Crippen molar-refractivity contribution in [2.24, 2.45) is 5.92 Å². The van der Waals surface area contributed by atoms with Crippen LogP contribution in [0, 0.1) is 26.7 Å². The maximum absolute atomic E-state index is 12.1. The minimum absolute atomic E-state index is 0.0464. The van der Waals surface area contributed by atoms with Crippen molar-refractivity contribution in [1.82, 2.24) is 5.32 Å². The van der Waals surface area contributed by atoms with Crippen LogP contribution in [0.15, 0.2) is 4.42 Å². The van der Waals surface area contributed by atoms with E-state index in [1.54, 1.807) is 0 Å². The summed E-state index contributed by atoms with van der Waals surface area (Å²) in [7, 11) is 0. The first kappa shape index (κ1) is 15.1. The average molecular weight is 272 g/mol. The first-order chi connectivity index (χ1) is 8.51. The number of hydrogen-bond donors (Lipinski definition) is 1. The Morgan fingerprint density at radius 2 is 2.00 bits per heavy atom. The van der Waals surface area contributed by atoms with E-state index in [4.69, 9.17) is 16.0 Å². The molecule has 0 saturated carbocycles. The molecule has 0 aliphatic heterocycles. The van der Waals surface area contributed by atoms with E-state index in [9.17, 15) is 4.79 Å². The quantitative estimate of drug-likeness (QED) is 0.804. The summed E-state index contributed by atoms with van der Waals surface area (Å²) in [5.74, 6) is 2.53. The van der Waals surface area contributed by atoms with Crippen LogP contribution in [0.2, 0.25) is 0 Å². The number of carbonyl (C=O) groups excluding carboxylic acids is 1. The van der Waals surface area contributed by atoms with E-state index in [2.05, 4.69) is 12.2 Å². The zero-order valence-corrected chi connectivity index (χ0v) is 12.4. The Labute approximate surface area is 114 Å². The van der Waals surface area contributed by atoms with Gasteiger partial charge in [0.1, 0.15) is 11.5 Å². The van der Waals surface area contributed by atoms with Crippen molar-refractivity contribution >= 4 is 17.5 Å². The molecule has 1 rings (SSSR count). The lowest BCUT2D eigenvalue weighted by molar-refractivity contribution is 0.0944. The van der Waals surface area contributed by atoms with E-state index in [0.29, 0.717) is 29.7 Å². The van der Waals surface area contributed by atoms with Crippen LogP contribution < -0.4 is 5.32 Å². The number of nitrogens with one attached hydrogen (secondary N) is 1. The summed E-state index contributed by atoms with van der Waals surface area (Å²) in [6.07, 6.45) is 1.95. The molecule has 1 heterocycles. The lowest BCUT2D eigenvalue weighted by Crippen LogP contribution is -2.30. The zero-order chi connectivity index (χ0) is 13.7. The number of alkyl halides is 1. The van der Waals surface area contributed by atoms with Crippen molar-refractivity contribution in [3.63, 3.8) is 0 Å². The Morgan fingerprint density at radius 1 is 1.33 bits per heavy atom.